The summed E-state index contributed by atoms with van der Waals surface area (Å²) in [5.41, 5.74) is 0.466. The molecule has 0 N–H and O–H groups in total. The van der Waals surface area contributed by atoms with Crippen LogP contribution in [0, 0.1) is 14.9 Å². The second kappa shape index (κ2) is 5.39. The summed E-state index contributed by atoms with van der Waals surface area (Å²) in [5.74, 6) is 1.16. The first-order valence-corrected chi connectivity index (χ1v) is 6.28. The Kier molecular flexibility index (Phi) is 3.87. The van der Waals surface area contributed by atoms with E-state index in [0.717, 1.165) is 3.57 Å². The average molecular weight is 356 g/mol. The lowest BCUT2D eigenvalue weighted by Gasteiger charge is -2.07. The molecule has 0 amide bonds. The van der Waals surface area contributed by atoms with E-state index in [1.54, 1.807) is 18.2 Å². The number of nitriles is 1. The Balaban J connectivity index is 2.32. The molecule has 0 aliphatic carbocycles. The maximum absolute atomic E-state index is 8.96. The summed E-state index contributed by atoms with van der Waals surface area (Å²) in [4.78, 5) is 0. The maximum atomic E-state index is 8.96. The number of nitrogens with zero attached hydrogens (tertiary/aromatic N) is 1. The molecule has 84 valence electrons. The summed E-state index contributed by atoms with van der Waals surface area (Å²) in [6.07, 6.45) is 0. The number of ether oxygens (including phenoxy) is 1. The highest BCUT2D eigenvalue weighted by atomic mass is 127. The highest BCUT2D eigenvalue weighted by Crippen LogP contribution is 2.28. The van der Waals surface area contributed by atoms with Crippen LogP contribution in [0.1, 0.15) is 5.56 Å². The molecule has 0 fully saturated rings. The third-order valence-corrected chi connectivity index (χ3v) is 3.06. The van der Waals surface area contributed by atoms with E-state index in [2.05, 4.69) is 28.7 Å². The van der Waals surface area contributed by atoms with Gasteiger partial charge in [0, 0.05) is 14.7 Å². The zero-order valence-corrected chi connectivity index (χ0v) is 11.6. The standard InChI is InChI=1S/C13H7ClINO/c14-10-2-1-9(8-16)13(7-10)17-12-5-3-11(15)4-6-12/h1-7H. The van der Waals surface area contributed by atoms with Crippen LogP contribution in [-0.4, -0.2) is 0 Å². The van der Waals surface area contributed by atoms with Crippen LogP contribution < -0.4 is 4.74 Å². The van der Waals surface area contributed by atoms with Gasteiger partial charge in [-0.05, 0) is 59.0 Å². The topological polar surface area (TPSA) is 33.0 Å². The normalized spacial score (nSPS) is 9.71. The number of hydrogen-bond acceptors (Lipinski definition) is 2. The zero-order valence-electron chi connectivity index (χ0n) is 8.65. The predicted molar refractivity (Wildman–Crippen MR) is 75.4 cm³/mol. The molecular formula is C13H7ClINO. The number of rotatable bonds is 2. The lowest BCUT2D eigenvalue weighted by molar-refractivity contribution is 0.481. The quantitative estimate of drug-likeness (QED) is 0.737. The van der Waals surface area contributed by atoms with Crippen LogP contribution in [0.5, 0.6) is 11.5 Å². The molecule has 2 aromatic carbocycles. The molecule has 2 nitrogen and oxygen atoms in total. The second-order valence-electron chi connectivity index (χ2n) is 3.31. The monoisotopic (exact) mass is 355 g/mol. The number of halogens is 2. The fourth-order valence-corrected chi connectivity index (χ4v) is 1.82. The molecule has 2 aromatic rings. The SMILES string of the molecule is N#Cc1ccc(Cl)cc1Oc1ccc(I)cc1. The lowest BCUT2D eigenvalue weighted by Crippen LogP contribution is -1.88. The van der Waals surface area contributed by atoms with Crippen molar-refractivity contribution >= 4 is 34.2 Å². The minimum Gasteiger partial charge on any atom is -0.456 e. The van der Waals surface area contributed by atoms with E-state index in [4.69, 9.17) is 21.6 Å². The van der Waals surface area contributed by atoms with E-state index in [-0.39, 0.29) is 0 Å². The fourth-order valence-electron chi connectivity index (χ4n) is 1.30. The first-order valence-electron chi connectivity index (χ1n) is 4.82. The summed E-state index contributed by atoms with van der Waals surface area (Å²) in [6, 6.07) is 14.6. The van der Waals surface area contributed by atoms with Crippen molar-refractivity contribution in [1.82, 2.24) is 0 Å². The van der Waals surface area contributed by atoms with Crippen molar-refractivity contribution < 1.29 is 4.74 Å². The Bertz CT molecular complexity index is 575. The van der Waals surface area contributed by atoms with Gasteiger partial charge in [0.15, 0.2) is 0 Å². The van der Waals surface area contributed by atoms with E-state index in [1.807, 2.05) is 24.3 Å². The number of hydrogen-bond donors (Lipinski definition) is 0. The molecule has 17 heavy (non-hydrogen) atoms. The van der Waals surface area contributed by atoms with Crippen LogP contribution in [0.15, 0.2) is 42.5 Å². The summed E-state index contributed by atoms with van der Waals surface area (Å²) in [6.45, 7) is 0. The molecule has 0 saturated carbocycles. The molecule has 0 unspecified atom stereocenters. The van der Waals surface area contributed by atoms with Gasteiger partial charge in [0.05, 0.1) is 5.56 Å². The number of benzene rings is 2. The summed E-state index contributed by atoms with van der Waals surface area (Å²) >= 11 is 8.09. The zero-order chi connectivity index (χ0) is 12.3. The maximum Gasteiger partial charge on any atom is 0.146 e. The Morgan fingerprint density at radius 1 is 1.12 bits per heavy atom. The van der Waals surface area contributed by atoms with Crippen molar-refractivity contribution in [2.24, 2.45) is 0 Å². The largest absolute Gasteiger partial charge is 0.456 e. The summed E-state index contributed by atoms with van der Waals surface area (Å²) < 4.78 is 6.75. The fraction of sp³-hybridized carbons (Fsp3) is 0. The second-order valence-corrected chi connectivity index (χ2v) is 4.99. The van der Waals surface area contributed by atoms with Crippen molar-refractivity contribution in [3.05, 3.63) is 56.6 Å². The summed E-state index contributed by atoms with van der Waals surface area (Å²) in [5, 5.41) is 9.50. The smallest absolute Gasteiger partial charge is 0.146 e. The molecule has 4 heteroatoms. The van der Waals surface area contributed by atoms with E-state index in [0.29, 0.717) is 22.1 Å². The Morgan fingerprint density at radius 3 is 2.47 bits per heavy atom. The van der Waals surface area contributed by atoms with Gasteiger partial charge in [-0.1, -0.05) is 11.6 Å². The van der Waals surface area contributed by atoms with Gasteiger partial charge in [-0.3, -0.25) is 0 Å². The van der Waals surface area contributed by atoms with Crippen molar-refractivity contribution in [3.8, 4) is 17.6 Å². The average Bonchev–Trinajstić information content (AvgIpc) is 2.32. The first kappa shape index (κ1) is 12.2. The van der Waals surface area contributed by atoms with Crippen molar-refractivity contribution in [1.29, 1.82) is 5.26 Å². The van der Waals surface area contributed by atoms with Crippen LogP contribution >= 0.6 is 34.2 Å². The van der Waals surface area contributed by atoms with Gasteiger partial charge in [-0.25, -0.2) is 0 Å². The van der Waals surface area contributed by atoms with Crippen molar-refractivity contribution in [3.63, 3.8) is 0 Å². The van der Waals surface area contributed by atoms with Gasteiger partial charge in [0.1, 0.15) is 17.6 Å². The van der Waals surface area contributed by atoms with E-state index in [9.17, 15) is 0 Å². The summed E-state index contributed by atoms with van der Waals surface area (Å²) in [7, 11) is 0. The van der Waals surface area contributed by atoms with Crippen LogP contribution in [0.4, 0.5) is 0 Å². The van der Waals surface area contributed by atoms with Crippen LogP contribution in [-0.2, 0) is 0 Å². The molecule has 0 radical (unpaired) electrons. The highest BCUT2D eigenvalue weighted by molar-refractivity contribution is 14.1. The van der Waals surface area contributed by atoms with Gasteiger partial charge in [0.25, 0.3) is 0 Å². The van der Waals surface area contributed by atoms with E-state index in [1.165, 1.54) is 0 Å². The van der Waals surface area contributed by atoms with Crippen LogP contribution in [0.2, 0.25) is 5.02 Å². The minimum atomic E-state index is 0.466. The van der Waals surface area contributed by atoms with Crippen molar-refractivity contribution in [2.75, 3.05) is 0 Å². The molecule has 0 bridgehead atoms. The van der Waals surface area contributed by atoms with E-state index >= 15 is 0 Å². The molecule has 0 aliphatic heterocycles. The third kappa shape index (κ3) is 3.11. The predicted octanol–water partition coefficient (Wildman–Crippen LogP) is 4.61. The third-order valence-electron chi connectivity index (χ3n) is 2.11. The highest BCUT2D eigenvalue weighted by Gasteiger charge is 2.05. The molecule has 2 rings (SSSR count). The minimum absolute atomic E-state index is 0.466. The molecule has 0 aromatic heterocycles. The molecular weight excluding hydrogens is 349 g/mol. The molecule has 0 heterocycles. The molecule has 0 aliphatic rings. The van der Waals surface area contributed by atoms with Crippen LogP contribution in [0.25, 0.3) is 0 Å². The van der Waals surface area contributed by atoms with Gasteiger partial charge in [-0.2, -0.15) is 5.26 Å². The Labute approximate surface area is 118 Å². The Hall–Kier alpha value is -1.25. The molecule has 0 saturated heterocycles. The van der Waals surface area contributed by atoms with Gasteiger partial charge in [0.2, 0.25) is 0 Å². The first-order chi connectivity index (χ1) is 8.19. The van der Waals surface area contributed by atoms with E-state index < -0.39 is 0 Å². The van der Waals surface area contributed by atoms with Gasteiger partial charge >= 0.3 is 0 Å². The molecule has 0 spiro atoms. The van der Waals surface area contributed by atoms with Gasteiger partial charge in [-0.15, -0.1) is 0 Å². The van der Waals surface area contributed by atoms with Crippen LogP contribution in [0.3, 0.4) is 0 Å². The lowest BCUT2D eigenvalue weighted by atomic mass is 10.2. The Morgan fingerprint density at radius 2 is 1.82 bits per heavy atom. The van der Waals surface area contributed by atoms with Crippen molar-refractivity contribution in [2.45, 2.75) is 0 Å². The van der Waals surface area contributed by atoms with Gasteiger partial charge < -0.3 is 4.74 Å². The molecule has 0 atom stereocenters.